The highest BCUT2D eigenvalue weighted by Crippen LogP contribution is 2.25. The smallest absolute Gasteiger partial charge is 0.275 e. The number of nitrogens with zero attached hydrogens (tertiary/aromatic N) is 4. The van der Waals surface area contributed by atoms with Gasteiger partial charge in [0.15, 0.2) is 0 Å². The Morgan fingerprint density at radius 3 is 2.41 bits per heavy atom. The van der Waals surface area contributed by atoms with E-state index in [2.05, 4.69) is 24.0 Å². The maximum Gasteiger partial charge on any atom is 0.275 e. The van der Waals surface area contributed by atoms with E-state index in [1.165, 1.54) is 5.56 Å². The van der Waals surface area contributed by atoms with E-state index in [0.29, 0.717) is 38.2 Å². The van der Waals surface area contributed by atoms with Crippen LogP contribution < -0.4 is 5.56 Å². The Balaban J connectivity index is 1.33. The van der Waals surface area contributed by atoms with Gasteiger partial charge in [0.2, 0.25) is 5.91 Å². The maximum absolute atomic E-state index is 13.2. The van der Waals surface area contributed by atoms with Crippen molar-refractivity contribution < 1.29 is 4.79 Å². The molecule has 7 heteroatoms. The molecule has 0 bridgehead atoms. The molecule has 6 nitrogen and oxygen atoms in total. The Hall–Kier alpha value is -3.55. The van der Waals surface area contributed by atoms with Gasteiger partial charge in [-0.15, -0.1) is 11.3 Å². The van der Waals surface area contributed by atoms with Crippen molar-refractivity contribution in [2.75, 3.05) is 26.2 Å². The topological polar surface area (TPSA) is 58.4 Å². The van der Waals surface area contributed by atoms with Crippen LogP contribution in [0.1, 0.15) is 10.4 Å². The van der Waals surface area contributed by atoms with Crippen LogP contribution in [-0.4, -0.2) is 51.7 Å². The molecular formula is C27H26N4O2S. The lowest BCUT2D eigenvalue weighted by Gasteiger charge is -2.34. The fraction of sp³-hybridized carbons (Fsp3) is 0.222. The summed E-state index contributed by atoms with van der Waals surface area (Å²) in [7, 11) is 0. The Kier molecular flexibility index (Phi) is 6.38. The molecule has 172 valence electrons. The Morgan fingerprint density at radius 2 is 1.71 bits per heavy atom. The molecule has 1 saturated heterocycles. The molecule has 0 saturated carbocycles. The number of hydrogen-bond acceptors (Lipinski definition) is 5. The average Bonchev–Trinajstić information content (AvgIpc) is 3.39. The highest BCUT2D eigenvalue weighted by atomic mass is 32.1. The average molecular weight is 471 g/mol. The summed E-state index contributed by atoms with van der Waals surface area (Å²) in [6.07, 6.45) is 3.51. The minimum atomic E-state index is -0.0937. The lowest BCUT2D eigenvalue weighted by Crippen LogP contribution is -2.49. The summed E-state index contributed by atoms with van der Waals surface area (Å²) in [6.45, 7) is 5.09. The second kappa shape index (κ2) is 9.75. The van der Waals surface area contributed by atoms with Crippen molar-refractivity contribution in [2.24, 2.45) is 0 Å². The molecule has 4 aromatic rings. The first-order valence-electron chi connectivity index (χ1n) is 11.4. The van der Waals surface area contributed by atoms with Crippen LogP contribution in [0.25, 0.3) is 28.1 Å². The number of thiophene rings is 1. The third kappa shape index (κ3) is 4.71. The molecule has 34 heavy (non-hydrogen) atoms. The third-order valence-corrected chi connectivity index (χ3v) is 6.98. The van der Waals surface area contributed by atoms with Crippen molar-refractivity contribution in [1.82, 2.24) is 19.6 Å². The number of piperazine rings is 1. The summed E-state index contributed by atoms with van der Waals surface area (Å²) in [5.74, 6) is 0.0238. The first-order valence-corrected chi connectivity index (χ1v) is 12.3. The van der Waals surface area contributed by atoms with Crippen LogP contribution in [0.15, 0.2) is 76.9 Å². The minimum absolute atomic E-state index is 0.0238. The van der Waals surface area contributed by atoms with Gasteiger partial charge in [0.05, 0.1) is 17.7 Å². The summed E-state index contributed by atoms with van der Waals surface area (Å²) in [5.41, 5.74) is 2.88. The second-order valence-corrected chi connectivity index (χ2v) is 9.48. The largest absolute Gasteiger partial charge is 0.337 e. The molecule has 3 heterocycles. The van der Waals surface area contributed by atoms with Gasteiger partial charge in [-0.05, 0) is 30.5 Å². The zero-order valence-electron chi connectivity index (χ0n) is 19.1. The summed E-state index contributed by atoms with van der Waals surface area (Å²) < 4.78 is 1.56. The molecule has 1 amide bonds. The summed E-state index contributed by atoms with van der Waals surface area (Å²) in [6, 6.07) is 19.8. The molecule has 1 fully saturated rings. The van der Waals surface area contributed by atoms with Gasteiger partial charge >= 0.3 is 0 Å². The van der Waals surface area contributed by atoms with Gasteiger partial charge in [-0.25, -0.2) is 4.68 Å². The zero-order chi connectivity index (χ0) is 23.5. The van der Waals surface area contributed by atoms with Gasteiger partial charge in [0.25, 0.3) is 5.56 Å². The van der Waals surface area contributed by atoms with Crippen molar-refractivity contribution in [3.63, 3.8) is 0 Å². The van der Waals surface area contributed by atoms with E-state index < -0.39 is 0 Å². The first kappa shape index (κ1) is 22.3. The number of aromatic nitrogens is 2. The van der Waals surface area contributed by atoms with Crippen molar-refractivity contribution >= 4 is 34.1 Å². The van der Waals surface area contributed by atoms with Gasteiger partial charge in [-0.1, -0.05) is 54.1 Å². The summed E-state index contributed by atoms with van der Waals surface area (Å²) in [4.78, 5) is 30.9. The standard InChI is InChI=1S/C27H26N4O2S/c1-20-8-10-21(11-9-20)26-23-6-2-3-7-24(23)27(33)31(28-26)19-29-14-16-30(17-15-29)25(32)13-12-22-5-4-18-34-22/h2-13,18H,14-17,19H2,1H3. The van der Waals surface area contributed by atoms with Crippen LogP contribution in [0.4, 0.5) is 0 Å². The van der Waals surface area contributed by atoms with E-state index in [4.69, 9.17) is 5.10 Å². The van der Waals surface area contributed by atoms with E-state index >= 15 is 0 Å². The van der Waals surface area contributed by atoms with Gasteiger partial charge in [-0.3, -0.25) is 14.5 Å². The highest BCUT2D eigenvalue weighted by Gasteiger charge is 2.21. The molecule has 1 aliphatic heterocycles. The lowest BCUT2D eigenvalue weighted by atomic mass is 10.0. The number of hydrogen-bond donors (Lipinski definition) is 0. The number of carbonyl (C=O) groups is 1. The maximum atomic E-state index is 13.2. The van der Waals surface area contributed by atoms with Crippen LogP contribution >= 0.6 is 11.3 Å². The van der Waals surface area contributed by atoms with E-state index in [-0.39, 0.29) is 11.5 Å². The predicted molar refractivity (Wildman–Crippen MR) is 138 cm³/mol. The summed E-state index contributed by atoms with van der Waals surface area (Å²) >= 11 is 1.61. The first-order chi connectivity index (χ1) is 16.6. The van der Waals surface area contributed by atoms with Crippen LogP contribution in [0, 0.1) is 6.92 Å². The summed E-state index contributed by atoms with van der Waals surface area (Å²) in [5, 5.41) is 8.30. The number of aryl methyl sites for hydroxylation is 1. The van der Waals surface area contributed by atoms with Crippen LogP contribution in [-0.2, 0) is 11.5 Å². The predicted octanol–water partition coefficient (Wildman–Crippen LogP) is 4.25. The number of rotatable bonds is 5. The fourth-order valence-electron chi connectivity index (χ4n) is 4.20. The SMILES string of the molecule is Cc1ccc(-c2nn(CN3CCN(C(=O)C=Cc4cccs4)CC3)c(=O)c3ccccc23)cc1. The highest BCUT2D eigenvalue weighted by molar-refractivity contribution is 7.10. The molecule has 0 spiro atoms. The quantitative estimate of drug-likeness (QED) is 0.409. The monoisotopic (exact) mass is 470 g/mol. The molecule has 1 aliphatic rings. The normalized spacial score (nSPS) is 14.8. The molecule has 2 aromatic carbocycles. The van der Waals surface area contributed by atoms with E-state index in [9.17, 15) is 9.59 Å². The van der Waals surface area contributed by atoms with E-state index in [0.717, 1.165) is 21.5 Å². The van der Waals surface area contributed by atoms with Crippen LogP contribution in [0.3, 0.4) is 0 Å². The number of benzene rings is 2. The van der Waals surface area contributed by atoms with Gasteiger partial charge < -0.3 is 4.90 Å². The molecule has 2 aromatic heterocycles. The van der Waals surface area contributed by atoms with E-state index in [1.54, 1.807) is 22.1 Å². The van der Waals surface area contributed by atoms with Gasteiger partial charge in [0.1, 0.15) is 0 Å². The third-order valence-electron chi connectivity index (χ3n) is 6.14. The molecule has 0 aliphatic carbocycles. The molecule has 0 radical (unpaired) electrons. The number of fused-ring (bicyclic) bond motifs is 1. The van der Waals surface area contributed by atoms with Gasteiger partial charge in [-0.2, -0.15) is 5.10 Å². The van der Waals surface area contributed by atoms with E-state index in [1.807, 2.05) is 64.9 Å². The van der Waals surface area contributed by atoms with Gasteiger partial charge in [0, 0.05) is 48.1 Å². The molecular weight excluding hydrogens is 444 g/mol. The Morgan fingerprint density at radius 1 is 0.971 bits per heavy atom. The van der Waals surface area contributed by atoms with Crippen molar-refractivity contribution in [2.45, 2.75) is 13.6 Å². The van der Waals surface area contributed by atoms with Crippen LogP contribution in [0.2, 0.25) is 0 Å². The second-order valence-electron chi connectivity index (χ2n) is 8.50. The number of carbonyl (C=O) groups excluding carboxylic acids is 1. The fourth-order valence-corrected chi connectivity index (χ4v) is 4.82. The molecule has 0 atom stereocenters. The zero-order valence-corrected chi connectivity index (χ0v) is 19.9. The molecule has 0 unspecified atom stereocenters. The van der Waals surface area contributed by atoms with Crippen LogP contribution in [0.5, 0.6) is 0 Å². The molecule has 5 rings (SSSR count). The van der Waals surface area contributed by atoms with Crippen molar-refractivity contribution in [3.05, 3.63) is 92.9 Å². The lowest BCUT2D eigenvalue weighted by molar-refractivity contribution is -0.127. The number of amides is 1. The minimum Gasteiger partial charge on any atom is -0.337 e. The Bertz CT molecular complexity index is 1380. The van der Waals surface area contributed by atoms with Crippen molar-refractivity contribution in [3.8, 4) is 11.3 Å². The Labute approximate surface area is 202 Å². The molecule has 0 N–H and O–H groups in total. The van der Waals surface area contributed by atoms with Crippen molar-refractivity contribution in [1.29, 1.82) is 0 Å².